The predicted molar refractivity (Wildman–Crippen MR) is 137 cm³/mol. The van der Waals surface area contributed by atoms with E-state index in [-0.39, 0.29) is 30.1 Å². The van der Waals surface area contributed by atoms with E-state index in [1.165, 1.54) is 14.0 Å². The van der Waals surface area contributed by atoms with Crippen LogP contribution in [0.25, 0.3) is 0 Å². The maximum absolute atomic E-state index is 12.8. The van der Waals surface area contributed by atoms with Crippen LogP contribution in [0.15, 0.2) is 35.1 Å². The molecule has 2 rings (SSSR count). The van der Waals surface area contributed by atoms with Gasteiger partial charge in [0.15, 0.2) is 6.29 Å². The summed E-state index contributed by atoms with van der Waals surface area (Å²) >= 11 is 0. The number of hydrogen-bond acceptors (Lipinski definition) is 12. The van der Waals surface area contributed by atoms with Gasteiger partial charge in [-0.15, -0.1) is 0 Å². The number of carbonyl (C=O) groups is 3. The van der Waals surface area contributed by atoms with Crippen LogP contribution in [0.5, 0.6) is 0 Å². The molecule has 13 heteroatoms. The summed E-state index contributed by atoms with van der Waals surface area (Å²) in [5.41, 5.74) is 0.638. The third kappa shape index (κ3) is 8.85. The largest absolute Gasteiger partial charge is 0.478 e. The van der Waals surface area contributed by atoms with E-state index in [0.717, 1.165) is 12.7 Å². The maximum atomic E-state index is 12.8. The second-order valence-corrected chi connectivity index (χ2v) is 9.80. The Labute approximate surface area is 232 Å². The Kier molecular flexibility index (Phi) is 13.2. The average molecular weight is 573 g/mol. The van der Waals surface area contributed by atoms with E-state index in [9.17, 15) is 34.8 Å². The lowest BCUT2D eigenvalue weighted by Crippen LogP contribution is -2.60. The average Bonchev–Trinajstić information content (AvgIpc) is 2.92. The molecule has 0 aromatic rings. The van der Waals surface area contributed by atoms with Crippen LogP contribution in [0.2, 0.25) is 0 Å². The first-order chi connectivity index (χ1) is 18.9. The number of aliphatic hydroxyl groups excluding tert-OH is 4. The summed E-state index contributed by atoms with van der Waals surface area (Å²) in [6, 6.07) is 0. The molecule has 1 unspecified atom stereocenters. The molecule has 2 aliphatic heterocycles. The van der Waals surface area contributed by atoms with Gasteiger partial charge in [0.25, 0.3) is 0 Å². The molecule has 226 valence electrons. The SMILES string of the molecule is C/C=C1/[C@H](O[C@@H]2O[C@H](CO)[C@@H](O)[C@H](O)[C@H]2O)OC=C(C(=O)OC)[C@H]1CC(=O)OCCC(C)CC/C=C(\C)C(=O)O. The van der Waals surface area contributed by atoms with Crippen molar-refractivity contribution in [3.8, 4) is 0 Å². The Hall–Kier alpha value is -2.81. The molecule has 13 nitrogen and oxygen atoms in total. The number of carboxylic acids is 1. The lowest BCUT2D eigenvalue weighted by molar-refractivity contribution is -0.327. The van der Waals surface area contributed by atoms with Gasteiger partial charge in [-0.1, -0.05) is 19.1 Å². The molecular weight excluding hydrogens is 532 g/mol. The van der Waals surface area contributed by atoms with Crippen molar-refractivity contribution in [2.24, 2.45) is 11.8 Å². The minimum atomic E-state index is -1.68. The van der Waals surface area contributed by atoms with Crippen LogP contribution in [-0.4, -0.2) is 101 Å². The molecule has 0 aromatic carbocycles. The Morgan fingerprint density at radius 3 is 2.42 bits per heavy atom. The summed E-state index contributed by atoms with van der Waals surface area (Å²) in [6.07, 6.45) is -2.98. The highest BCUT2D eigenvalue weighted by atomic mass is 16.8. The molecular formula is C27H40O13. The first-order valence-corrected chi connectivity index (χ1v) is 13.1. The number of hydrogen-bond donors (Lipinski definition) is 5. The minimum absolute atomic E-state index is 0.0372. The highest BCUT2D eigenvalue weighted by molar-refractivity contribution is 5.90. The summed E-state index contributed by atoms with van der Waals surface area (Å²) in [4.78, 5) is 36.1. The van der Waals surface area contributed by atoms with E-state index >= 15 is 0 Å². The van der Waals surface area contributed by atoms with Gasteiger partial charge in [-0.2, -0.15) is 0 Å². The fraction of sp³-hybridized carbons (Fsp3) is 0.667. The summed E-state index contributed by atoms with van der Waals surface area (Å²) in [5, 5.41) is 48.8. The van der Waals surface area contributed by atoms with Crippen molar-refractivity contribution in [1.29, 1.82) is 0 Å². The van der Waals surface area contributed by atoms with E-state index < -0.39 is 67.4 Å². The molecule has 5 N–H and O–H groups in total. The number of methoxy groups -OCH3 is 1. The van der Waals surface area contributed by atoms with Crippen LogP contribution in [0.4, 0.5) is 0 Å². The van der Waals surface area contributed by atoms with E-state index in [4.69, 9.17) is 28.8 Å². The normalized spacial score (nSPS) is 30.7. The van der Waals surface area contributed by atoms with Crippen molar-refractivity contribution in [1.82, 2.24) is 0 Å². The molecule has 0 saturated carbocycles. The Bertz CT molecular complexity index is 969. The van der Waals surface area contributed by atoms with E-state index in [1.54, 1.807) is 19.1 Å². The topological polar surface area (TPSA) is 199 Å². The Balaban J connectivity index is 2.05. The number of carboxylic acid groups (broad SMARTS) is 1. The van der Waals surface area contributed by atoms with E-state index in [2.05, 4.69) is 0 Å². The molecule has 1 saturated heterocycles. The fourth-order valence-electron chi connectivity index (χ4n) is 4.34. The standard InChI is InChI=1S/C27H40O13/c1-5-16-17(11-20(29)37-10-9-14(2)7-6-8-15(3)24(33)34)18(25(35)36-4)13-38-26(16)40-27-23(32)22(31)21(30)19(12-28)39-27/h5,8,13-14,17,19,21-23,26-28,30-32H,6-7,9-12H2,1-4H3,(H,33,34)/b15-8+,16-5+/t14?,17-,19+,21+,22-,23+,26-,27-/m0/s1. The van der Waals surface area contributed by atoms with Gasteiger partial charge in [0.1, 0.15) is 24.4 Å². The van der Waals surface area contributed by atoms with Crippen molar-refractivity contribution >= 4 is 17.9 Å². The van der Waals surface area contributed by atoms with E-state index in [0.29, 0.717) is 18.4 Å². The quantitative estimate of drug-likeness (QED) is 0.117. The van der Waals surface area contributed by atoms with Gasteiger partial charge in [-0.3, -0.25) is 4.79 Å². The molecule has 0 amide bonds. The molecule has 2 heterocycles. The highest BCUT2D eigenvalue weighted by Gasteiger charge is 2.46. The number of carbonyl (C=O) groups excluding carboxylic acids is 2. The Morgan fingerprint density at radius 2 is 1.82 bits per heavy atom. The molecule has 1 fully saturated rings. The molecule has 0 aliphatic carbocycles. The van der Waals surface area contributed by atoms with Gasteiger partial charge < -0.3 is 49.2 Å². The molecule has 0 spiro atoms. The van der Waals surface area contributed by atoms with Crippen LogP contribution >= 0.6 is 0 Å². The molecule has 0 radical (unpaired) electrons. The number of aliphatic hydroxyl groups is 4. The Morgan fingerprint density at radius 1 is 1.12 bits per heavy atom. The molecule has 40 heavy (non-hydrogen) atoms. The van der Waals surface area contributed by atoms with Gasteiger partial charge in [0.2, 0.25) is 6.29 Å². The maximum Gasteiger partial charge on any atom is 0.337 e. The minimum Gasteiger partial charge on any atom is -0.478 e. The van der Waals surface area contributed by atoms with Crippen molar-refractivity contribution < 1.29 is 63.6 Å². The highest BCUT2D eigenvalue weighted by Crippen LogP contribution is 2.36. The van der Waals surface area contributed by atoms with Gasteiger partial charge in [-0.25, -0.2) is 9.59 Å². The van der Waals surface area contributed by atoms with Crippen molar-refractivity contribution in [2.75, 3.05) is 20.3 Å². The van der Waals surface area contributed by atoms with Crippen LogP contribution in [0, 0.1) is 11.8 Å². The lowest BCUT2D eigenvalue weighted by atomic mass is 9.86. The molecule has 2 aliphatic rings. The zero-order valence-electron chi connectivity index (χ0n) is 23.1. The summed E-state index contributed by atoms with van der Waals surface area (Å²) < 4.78 is 26.9. The van der Waals surface area contributed by atoms with Gasteiger partial charge in [0, 0.05) is 17.1 Å². The van der Waals surface area contributed by atoms with Crippen molar-refractivity contribution in [2.45, 2.75) is 83.5 Å². The predicted octanol–water partition coefficient (Wildman–Crippen LogP) is 0.549. The van der Waals surface area contributed by atoms with Gasteiger partial charge in [0.05, 0.1) is 38.6 Å². The lowest BCUT2D eigenvalue weighted by Gasteiger charge is -2.41. The van der Waals surface area contributed by atoms with Crippen LogP contribution in [0.3, 0.4) is 0 Å². The van der Waals surface area contributed by atoms with Gasteiger partial charge in [-0.05, 0) is 39.0 Å². The third-order valence-electron chi connectivity index (χ3n) is 6.92. The number of ether oxygens (including phenoxy) is 5. The van der Waals surface area contributed by atoms with Gasteiger partial charge >= 0.3 is 17.9 Å². The fourth-order valence-corrected chi connectivity index (χ4v) is 4.34. The number of aliphatic carboxylic acids is 1. The smallest absolute Gasteiger partial charge is 0.337 e. The monoisotopic (exact) mass is 572 g/mol. The van der Waals surface area contributed by atoms with Crippen molar-refractivity contribution in [3.63, 3.8) is 0 Å². The molecule has 0 bridgehead atoms. The zero-order chi connectivity index (χ0) is 30.0. The number of rotatable bonds is 13. The summed E-state index contributed by atoms with van der Waals surface area (Å²) in [5.74, 6) is -2.99. The zero-order valence-corrected chi connectivity index (χ0v) is 23.1. The van der Waals surface area contributed by atoms with Crippen LogP contribution < -0.4 is 0 Å². The molecule has 0 aromatic heterocycles. The second-order valence-electron chi connectivity index (χ2n) is 9.80. The van der Waals surface area contributed by atoms with Crippen molar-refractivity contribution in [3.05, 3.63) is 35.1 Å². The number of allylic oxidation sites excluding steroid dienone is 2. The summed E-state index contributed by atoms with van der Waals surface area (Å²) in [7, 11) is 1.18. The van der Waals surface area contributed by atoms with E-state index in [1.807, 2.05) is 6.92 Å². The number of esters is 2. The molecule has 8 atom stereocenters. The first-order valence-electron chi connectivity index (χ1n) is 13.1. The second kappa shape index (κ2) is 15.8. The van der Waals surface area contributed by atoms with Crippen LogP contribution in [0.1, 0.15) is 46.5 Å². The van der Waals surface area contributed by atoms with Crippen LogP contribution in [-0.2, 0) is 38.1 Å². The first kappa shape index (κ1) is 33.4. The summed E-state index contributed by atoms with van der Waals surface area (Å²) in [6.45, 7) is 4.60. The third-order valence-corrected chi connectivity index (χ3v) is 6.92.